The summed E-state index contributed by atoms with van der Waals surface area (Å²) in [6.45, 7) is 0. The van der Waals surface area contributed by atoms with Crippen LogP contribution in [0, 0.1) is 5.92 Å². The van der Waals surface area contributed by atoms with Gasteiger partial charge in [0.15, 0.2) is 5.82 Å². The van der Waals surface area contributed by atoms with E-state index in [0.717, 1.165) is 23.7 Å². The number of carbonyl (C=O) groups is 1. The number of amides is 1. The van der Waals surface area contributed by atoms with Crippen molar-refractivity contribution in [2.24, 2.45) is 5.92 Å². The second kappa shape index (κ2) is 3.08. The first-order chi connectivity index (χ1) is 7.34. The van der Waals surface area contributed by atoms with Gasteiger partial charge in [0.2, 0.25) is 5.91 Å². The number of H-pyrrole nitrogens is 1. The van der Waals surface area contributed by atoms with Crippen molar-refractivity contribution in [2.45, 2.75) is 12.8 Å². The number of hydrogen-bond donors (Lipinski definition) is 2. The van der Waals surface area contributed by atoms with Gasteiger partial charge in [0.1, 0.15) is 0 Å². The molecule has 15 heavy (non-hydrogen) atoms. The largest absolute Gasteiger partial charge is 0.358 e. The molecule has 0 spiro atoms. The number of hydrogen-bond acceptors (Lipinski definition) is 2. The van der Waals surface area contributed by atoms with E-state index in [9.17, 15) is 4.79 Å². The fourth-order valence-electron chi connectivity index (χ4n) is 1.64. The Labute approximate surface area is 86.7 Å². The van der Waals surface area contributed by atoms with Gasteiger partial charge in [0.25, 0.3) is 0 Å². The average molecular weight is 201 g/mol. The van der Waals surface area contributed by atoms with Crippen LogP contribution in [-0.2, 0) is 4.79 Å². The van der Waals surface area contributed by atoms with E-state index in [-0.39, 0.29) is 11.8 Å². The molecule has 2 aromatic heterocycles. The van der Waals surface area contributed by atoms with Crippen molar-refractivity contribution in [2.75, 3.05) is 5.32 Å². The number of nitrogens with one attached hydrogen (secondary N) is 2. The Morgan fingerprint density at radius 1 is 1.47 bits per heavy atom. The molecule has 1 saturated carbocycles. The summed E-state index contributed by atoms with van der Waals surface area (Å²) in [7, 11) is 0. The third-order valence-corrected chi connectivity index (χ3v) is 2.66. The number of pyridine rings is 1. The molecule has 0 bridgehead atoms. The molecule has 1 fully saturated rings. The van der Waals surface area contributed by atoms with Gasteiger partial charge < -0.3 is 10.3 Å². The van der Waals surface area contributed by atoms with E-state index in [4.69, 9.17) is 0 Å². The van der Waals surface area contributed by atoms with Crippen LogP contribution in [0.5, 0.6) is 0 Å². The molecule has 0 aromatic carbocycles. The number of aromatic amines is 1. The van der Waals surface area contributed by atoms with Gasteiger partial charge in [-0.2, -0.15) is 0 Å². The smallest absolute Gasteiger partial charge is 0.228 e. The predicted octanol–water partition coefficient (Wildman–Crippen LogP) is 1.91. The molecule has 1 aliphatic carbocycles. The number of fused-ring (bicyclic) bond motifs is 1. The van der Waals surface area contributed by atoms with Crippen molar-refractivity contribution in [3.8, 4) is 0 Å². The summed E-state index contributed by atoms with van der Waals surface area (Å²) >= 11 is 0. The highest BCUT2D eigenvalue weighted by Gasteiger charge is 2.30. The van der Waals surface area contributed by atoms with E-state index in [1.807, 2.05) is 18.3 Å². The Morgan fingerprint density at radius 2 is 2.33 bits per heavy atom. The van der Waals surface area contributed by atoms with E-state index in [1.54, 1.807) is 6.20 Å². The molecule has 0 unspecified atom stereocenters. The Kier molecular flexibility index (Phi) is 1.74. The third kappa shape index (κ3) is 1.48. The van der Waals surface area contributed by atoms with Crippen molar-refractivity contribution >= 4 is 22.6 Å². The maximum Gasteiger partial charge on any atom is 0.228 e. The third-order valence-electron chi connectivity index (χ3n) is 2.66. The standard InChI is InChI=1S/C11H11N3O/c15-11(8-1-2-8)14-10-9-7(3-5-12-9)4-6-13-10/h3-6,8,12H,1-2H2,(H,13,14,15). The van der Waals surface area contributed by atoms with Gasteiger partial charge in [-0.1, -0.05) is 0 Å². The minimum atomic E-state index is 0.0876. The molecule has 0 atom stereocenters. The summed E-state index contributed by atoms with van der Waals surface area (Å²) in [6, 6.07) is 3.88. The van der Waals surface area contributed by atoms with E-state index in [2.05, 4.69) is 15.3 Å². The van der Waals surface area contributed by atoms with E-state index >= 15 is 0 Å². The molecule has 76 valence electrons. The summed E-state index contributed by atoms with van der Waals surface area (Å²) in [5.41, 5.74) is 0.895. The lowest BCUT2D eigenvalue weighted by atomic mass is 10.3. The van der Waals surface area contributed by atoms with Crippen molar-refractivity contribution in [1.82, 2.24) is 9.97 Å². The molecule has 3 rings (SSSR count). The molecule has 1 amide bonds. The van der Waals surface area contributed by atoms with Gasteiger partial charge in [0.05, 0.1) is 5.52 Å². The Bertz CT molecular complexity index is 513. The van der Waals surface area contributed by atoms with E-state index in [0.29, 0.717) is 5.82 Å². The van der Waals surface area contributed by atoms with Crippen LogP contribution in [-0.4, -0.2) is 15.9 Å². The molecular formula is C11H11N3O. The minimum absolute atomic E-state index is 0.0876. The Hall–Kier alpha value is -1.84. The number of aromatic nitrogens is 2. The van der Waals surface area contributed by atoms with Crippen LogP contribution in [0.2, 0.25) is 0 Å². The molecule has 0 saturated heterocycles. The fraction of sp³-hybridized carbons (Fsp3) is 0.273. The molecule has 0 radical (unpaired) electrons. The molecule has 2 heterocycles. The van der Waals surface area contributed by atoms with Gasteiger partial charge >= 0.3 is 0 Å². The van der Waals surface area contributed by atoms with Gasteiger partial charge in [-0.25, -0.2) is 4.98 Å². The highest BCUT2D eigenvalue weighted by molar-refractivity contribution is 6.00. The lowest BCUT2D eigenvalue weighted by Gasteiger charge is -2.03. The summed E-state index contributed by atoms with van der Waals surface area (Å²) in [6.07, 6.45) is 5.57. The van der Waals surface area contributed by atoms with Crippen molar-refractivity contribution < 1.29 is 4.79 Å². The summed E-state index contributed by atoms with van der Waals surface area (Å²) in [4.78, 5) is 18.8. The lowest BCUT2D eigenvalue weighted by molar-refractivity contribution is -0.117. The maximum atomic E-state index is 11.6. The second-order valence-electron chi connectivity index (χ2n) is 3.86. The van der Waals surface area contributed by atoms with Crippen molar-refractivity contribution in [3.05, 3.63) is 24.5 Å². The number of nitrogens with zero attached hydrogens (tertiary/aromatic N) is 1. The molecule has 2 N–H and O–H groups in total. The molecule has 1 aliphatic rings. The zero-order valence-electron chi connectivity index (χ0n) is 8.16. The average Bonchev–Trinajstić information content (AvgIpc) is 2.97. The van der Waals surface area contributed by atoms with Gasteiger partial charge in [0, 0.05) is 23.7 Å². The normalized spacial score (nSPS) is 15.5. The zero-order valence-corrected chi connectivity index (χ0v) is 8.16. The topological polar surface area (TPSA) is 57.8 Å². The molecule has 2 aromatic rings. The summed E-state index contributed by atoms with van der Waals surface area (Å²) < 4.78 is 0. The van der Waals surface area contributed by atoms with Crippen LogP contribution in [0.1, 0.15) is 12.8 Å². The van der Waals surface area contributed by atoms with Gasteiger partial charge in [-0.3, -0.25) is 4.79 Å². The number of rotatable bonds is 2. The molecule has 4 heteroatoms. The first kappa shape index (κ1) is 8.47. The van der Waals surface area contributed by atoms with E-state index in [1.165, 1.54) is 0 Å². The monoisotopic (exact) mass is 201 g/mol. The van der Waals surface area contributed by atoms with E-state index < -0.39 is 0 Å². The van der Waals surface area contributed by atoms with Crippen LogP contribution in [0.15, 0.2) is 24.5 Å². The molecule has 0 aliphatic heterocycles. The lowest BCUT2D eigenvalue weighted by Crippen LogP contribution is -2.14. The first-order valence-electron chi connectivity index (χ1n) is 5.07. The number of carbonyl (C=O) groups excluding carboxylic acids is 1. The van der Waals surface area contributed by atoms with Crippen LogP contribution in [0.3, 0.4) is 0 Å². The van der Waals surface area contributed by atoms with Crippen LogP contribution >= 0.6 is 0 Å². The van der Waals surface area contributed by atoms with Gasteiger partial charge in [-0.05, 0) is 25.0 Å². The summed E-state index contributed by atoms with van der Waals surface area (Å²) in [5.74, 6) is 0.927. The Balaban J connectivity index is 1.95. The number of anilines is 1. The van der Waals surface area contributed by atoms with Crippen molar-refractivity contribution in [1.29, 1.82) is 0 Å². The van der Waals surface area contributed by atoms with Crippen LogP contribution in [0.25, 0.3) is 10.9 Å². The summed E-state index contributed by atoms with van der Waals surface area (Å²) in [5, 5.41) is 3.92. The van der Waals surface area contributed by atoms with Crippen LogP contribution < -0.4 is 5.32 Å². The predicted molar refractivity (Wildman–Crippen MR) is 57.4 cm³/mol. The zero-order chi connectivity index (χ0) is 10.3. The highest BCUT2D eigenvalue weighted by Crippen LogP contribution is 2.30. The maximum absolute atomic E-state index is 11.6. The highest BCUT2D eigenvalue weighted by atomic mass is 16.2. The Morgan fingerprint density at radius 3 is 3.13 bits per heavy atom. The molecular weight excluding hydrogens is 190 g/mol. The quantitative estimate of drug-likeness (QED) is 0.779. The second-order valence-corrected chi connectivity index (χ2v) is 3.86. The fourth-order valence-corrected chi connectivity index (χ4v) is 1.64. The SMILES string of the molecule is O=C(Nc1nccc2cc[nH]c12)C1CC1. The minimum Gasteiger partial charge on any atom is -0.358 e. The molecule has 4 nitrogen and oxygen atoms in total. The van der Waals surface area contributed by atoms with Crippen LogP contribution in [0.4, 0.5) is 5.82 Å². The van der Waals surface area contributed by atoms with Crippen molar-refractivity contribution in [3.63, 3.8) is 0 Å². The van der Waals surface area contributed by atoms with Gasteiger partial charge in [-0.15, -0.1) is 0 Å². The first-order valence-corrected chi connectivity index (χ1v) is 5.07.